The number of furan rings is 1. The lowest BCUT2D eigenvalue weighted by molar-refractivity contribution is 0.0995. The van der Waals surface area contributed by atoms with Gasteiger partial charge in [0.15, 0.2) is 0 Å². The maximum Gasteiger partial charge on any atom is 0.267 e. The van der Waals surface area contributed by atoms with Crippen LogP contribution in [0.3, 0.4) is 0 Å². The van der Waals surface area contributed by atoms with Crippen molar-refractivity contribution < 1.29 is 9.21 Å². The first kappa shape index (κ1) is 17.2. The number of primary amides is 1. The number of unbranched alkanes of at least 4 members (excludes halogenated alkanes) is 1. The Morgan fingerprint density at radius 1 is 1.15 bits per heavy atom. The Labute approximate surface area is 157 Å². The first-order valence-corrected chi connectivity index (χ1v) is 9.20. The lowest BCUT2D eigenvalue weighted by Gasteiger charge is -2.08. The number of nitrogens with zero attached hydrogens (tertiary/aromatic N) is 2. The highest BCUT2D eigenvalue weighted by molar-refractivity contribution is 5.95. The maximum absolute atomic E-state index is 11.9. The number of hydrogen-bond donors (Lipinski definition) is 1. The Morgan fingerprint density at radius 3 is 2.85 bits per heavy atom. The van der Waals surface area contributed by atoms with Gasteiger partial charge < -0.3 is 10.2 Å². The minimum absolute atomic E-state index is 0.290. The molecule has 136 valence electrons. The van der Waals surface area contributed by atoms with Gasteiger partial charge >= 0.3 is 0 Å². The van der Waals surface area contributed by atoms with Gasteiger partial charge in [-0.2, -0.15) is 0 Å². The Balaban J connectivity index is 1.70. The van der Waals surface area contributed by atoms with Crippen molar-refractivity contribution in [2.75, 3.05) is 0 Å². The summed E-state index contributed by atoms with van der Waals surface area (Å²) in [5.41, 5.74) is 9.94. The first-order chi connectivity index (χ1) is 13.1. The zero-order valence-corrected chi connectivity index (χ0v) is 15.2. The van der Waals surface area contributed by atoms with E-state index in [1.54, 1.807) is 12.3 Å². The van der Waals surface area contributed by atoms with Gasteiger partial charge in [-0.1, -0.05) is 25.5 Å². The van der Waals surface area contributed by atoms with Crippen molar-refractivity contribution in [2.45, 2.75) is 32.6 Å². The summed E-state index contributed by atoms with van der Waals surface area (Å²) in [7, 11) is 0. The summed E-state index contributed by atoms with van der Waals surface area (Å²) < 4.78 is 5.98. The summed E-state index contributed by atoms with van der Waals surface area (Å²) in [6, 6.07) is 13.7. The molecule has 3 aromatic heterocycles. The second-order valence-electron chi connectivity index (χ2n) is 6.77. The summed E-state index contributed by atoms with van der Waals surface area (Å²) >= 11 is 0. The third kappa shape index (κ3) is 3.53. The van der Waals surface area contributed by atoms with Gasteiger partial charge in [0, 0.05) is 18.0 Å². The Morgan fingerprint density at radius 2 is 2.04 bits per heavy atom. The van der Waals surface area contributed by atoms with Crippen LogP contribution in [-0.2, 0) is 12.8 Å². The molecule has 5 heteroatoms. The molecule has 0 unspecified atom stereocenters. The van der Waals surface area contributed by atoms with Crippen molar-refractivity contribution in [3.63, 3.8) is 0 Å². The number of rotatable bonds is 6. The predicted octanol–water partition coefficient (Wildman–Crippen LogP) is 4.41. The van der Waals surface area contributed by atoms with Crippen LogP contribution in [0.4, 0.5) is 0 Å². The molecule has 0 spiro atoms. The zero-order valence-electron chi connectivity index (χ0n) is 15.2. The molecule has 5 nitrogen and oxygen atoms in total. The van der Waals surface area contributed by atoms with Crippen molar-refractivity contribution in [3.8, 4) is 0 Å². The molecule has 0 aliphatic carbocycles. The number of carbonyl (C=O) groups excluding carboxylic acids is 1. The summed E-state index contributed by atoms with van der Waals surface area (Å²) in [4.78, 5) is 20.6. The van der Waals surface area contributed by atoms with Gasteiger partial charge in [-0.3, -0.25) is 9.78 Å². The number of pyridine rings is 2. The van der Waals surface area contributed by atoms with Crippen LogP contribution in [-0.4, -0.2) is 15.9 Å². The zero-order chi connectivity index (χ0) is 18.8. The maximum atomic E-state index is 11.9. The fraction of sp³-hybridized carbons (Fsp3) is 0.227. The summed E-state index contributed by atoms with van der Waals surface area (Å²) in [6.07, 6.45) is 5.46. The normalized spacial score (nSPS) is 11.3. The van der Waals surface area contributed by atoms with Gasteiger partial charge in [-0.25, -0.2) is 4.98 Å². The third-order valence-corrected chi connectivity index (χ3v) is 4.70. The van der Waals surface area contributed by atoms with E-state index in [0.29, 0.717) is 17.6 Å². The molecule has 2 N–H and O–H groups in total. The van der Waals surface area contributed by atoms with Gasteiger partial charge in [0.1, 0.15) is 17.0 Å². The molecule has 0 saturated heterocycles. The number of fused-ring (bicyclic) bond motifs is 2. The van der Waals surface area contributed by atoms with Gasteiger partial charge in [-0.05, 0) is 54.3 Å². The van der Waals surface area contributed by atoms with Crippen LogP contribution in [0.5, 0.6) is 0 Å². The lowest BCUT2D eigenvalue weighted by Crippen LogP contribution is -2.16. The summed E-state index contributed by atoms with van der Waals surface area (Å²) in [5, 5.41) is 1.10. The first-order valence-electron chi connectivity index (χ1n) is 9.20. The number of carbonyl (C=O) groups is 1. The molecule has 0 aliphatic heterocycles. The number of nitrogens with two attached hydrogens (primary N) is 1. The molecule has 4 aromatic rings. The molecule has 0 radical (unpaired) electrons. The molecule has 0 aliphatic rings. The average molecular weight is 359 g/mol. The second kappa shape index (κ2) is 7.19. The highest BCUT2D eigenvalue weighted by atomic mass is 16.3. The van der Waals surface area contributed by atoms with Crippen LogP contribution in [0.1, 0.15) is 47.1 Å². The van der Waals surface area contributed by atoms with E-state index in [1.165, 1.54) is 0 Å². The SMILES string of the molecule is CCCCc1cc2ccc(Cc3cc4ncccc4nc3C(N)=O)cc2o1. The minimum Gasteiger partial charge on any atom is -0.461 e. The molecule has 27 heavy (non-hydrogen) atoms. The van der Waals surface area contributed by atoms with Crippen LogP contribution in [0, 0.1) is 0 Å². The van der Waals surface area contributed by atoms with Crippen molar-refractivity contribution in [1.29, 1.82) is 0 Å². The van der Waals surface area contributed by atoms with E-state index in [4.69, 9.17) is 10.2 Å². The fourth-order valence-electron chi connectivity index (χ4n) is 3.32. The van der Waals surface area contributed by atoms with E-state index in [0.717, 1.165) is 52.6 Å². The van der Waals surface area contributed by atoms with Gasteiger partial charge in [0.25, 0.3) is 5.91 Å². The fourth-order valence-corrected chi connectivity index (χ4v) is 3.32. The quantitative estimate of drug-likeness (QED) is 0.553. The average Bonchev–Trinajstić information content (AvgIpc) is 3.07. The summed E-state index contributed by atoms with van der Waals surface area (Å²) in [6.45, 7) is 2.17. The molecule has 0 bridgehead atoms. The molecular weight excluding hydrogens is 338 g/mol. The number of benzene rings is 1. The largest absolute Gasteiger partial charge is 0.461 e. The second-order valence-corrected chi connectivity index (χ2v) is 6.77. The number of hydrogen-bond acceptors (Lipinski definition) is 4. The third-order valence-electron chi connectivity index (χ3n) is 4.70. The highest BCUT2D eigenvalue weighted by Gasteiger charge is 2.14. The van der Waals surface area contributed by atoms with Gasteiger partial charge in [0.2, 0.25) is 0 Å². The molecule has 3 heterocycles. The van der Waals surface area contributed by atoms with E-state index in [-0.39, 0.29) is 0 Å². The van der Waals surface area contributed by atoms with Crippen molar-refractivity contribution in [2.24, 2.45) is 5.73 Å². The van der Waals surface area contributed by atoms with Gasteiger partial charge in [0.05, 0.1) is 11.0 Å². The van der Waals surface area contributed by atoms with E-state index in [1.807, 2.05) is 18.2 Å². The number of amides is 1. The molecule has 1 amide bonds. The van der Waals surface area contributed by atoms with E-state index < -0.39 is 5.91 Å². The van der Waals surface area contributed by atoms with Crippen molar-refractivity contribution >= 4 is 27.9 Å². The molecule has 1 aromatic carbocycles. The van der Waals surface area contributed by atoms with Crippen LogP contribution in [0.2, 0.25) is 0 Å². The Bertz CT molecular complexity index is 1130. The van der Waals surface area contributed by atoms with Crippen LogP contribution in [0.25, 0.3) is 22.0 Å². The van der Waals surface area contributed by atoms with Crippen LogP contribution in [0.15, 0.2) is 53.1 Å². The molecule has 0 fully saturated rings. The monoisotopic (exact) mass is 359 g/mol. The van der Waals surface area contributed by atoms with E-state index in [9.17, 15) is 4.79 Å². The smallest absolute Gasteiger partial charge is 0.267 e. The van der Waals surface area contributed by atoms with Crippen molar-refractivity contribution in [1.82, 2.24) is 9.97 Å². The number of aromatic nitrogens is 2. The Hall–Kier alpha value is -3.21. The molecular formula is C22H21N3O2. The van der Waals surface area contributed by atoms with E-state index in [2.05, 4.69) is 35.1 Å². The topological polar surface area (TPSA) is 82.0 Å². The lowest BCUT2D eigenvalue weighted by atomic mass is 10.0. The number of aryl methyl sites for hydroxylation is 1. The minimum atomic E-state index is -0.531. The van der Waals surface area contributed by atoms with E-state index >= 15 is 0 Å². The van der Waals surface area contributed by atoms with Gasteiger partial charge in [-0.15, -0.1) is 0 Å². The molecule has 0 saturated carbocycles. The predicted molar refractivity (Wildman–Crippen MR) is 106 cm³/mol. The molecule has 4 rings (SSSR count). The standard InChI is InChI=1S/C22H21N3O2/c1-2-3-5-17-12-15-8-7-14(11-20(15)27-17)10-16-13-19-18(6-4-9-24-19)25-21(16)22(23)26/h4,6-9,11-13H,2-3,5,10H2,1H3,(H2,23,26). The highest BCUT2D eigenvalue weighted by Crippen LogP contribution is 2.24. The van der Waals surface area contributed by atoms with Crippen LogP contribution < -0.4 is 5.73 Å². The Kier molecular flexibility index (Phi) is 4.59. The molecule has 0 atom stereocenters. The van der Waals surface area contributed by atoms with Crippen molar-refractivity contribution in [3.05, 3.63) is 71.2 Å². The van der Waals surface area contributed by atoms with Crippen LogP contribution >= 0.6 is 0 Å². The summed E-state index contributed by atoms with van der Waals surface area (Å²) in [5.74, 6) is 0.482.